The summed E-state index contributed by atoms with van der Waals surface area (Å²) in [6.07, 6.45) is -3.80. The van der Waals surface area contributed by atoms with Crippen LogP contribution in [0.4, 0.5) is 0 Å². The Labute approximate surface area is 98.1 Å². The molecule has 17 heavy (non-hydrogen) atoms. The van der Waals surface area contributed by atoms with Gasteiger partial charge in [0.15, 0.2) is 6.29 Å². The van der Waals surface area contributed by atoms with Crippen LogP contribution in [0.3, 0.4) is 0 Å². The second-order valence-corrected chi connectivity index (χ2v) is 3.41. The normalized spacial score (nSPS) is 36.6. The molecule has 1 unspecified atom stereocenters. The summed E-state index contributed by atoms with van der Waals surface area (Å²) >= 11 is 0. The van der Waals surface area contributed by atoms with E-state index in [9.17, 15) is 15.0 Å². The third-order valence-electron chi connectivity index (χ3n) is 2.15. The van der Waals surface area contributed by atoms with Crippen LogP contribution in [0.1, 0.15) is 0 Å². The monoisotopic (exact) mass is 250 g/mol. The highest BCUT2D eigenvalue weighted by atomic mass is 16.6. The summed E-state index contributed by atoms with van der Waals surface area (Å²) in [5.74, 6) is -0.481. The van der Waals surface area contributed by atoms with Gasteiger partial charge in [0.05, 0.1) is 12.6 Å². The average molecular weight is 250 g/mol. The smallest absolute Gasteiger partial charge is 0.240 e. The quantitative estimate of drug-likeness (QED) is 0.276. The van der Waals surface area contributed by atoms with Gasteiger partial charge in [0.2, 0.25) is 5.91 Å². The lowest BCUT2D eigenvalue weighted by molar-refractivity contribution is -0.248. The lowest BCUT2D eigenvalue weighted by Gasteiger charge is -2.38. The molecule has 0 spiro atoms. The molecular weight excluding hydrogens is 232 g/mol. The standard InChI is InChI=1S/C6H13NO5.C3H5NO/c7-3-5(10)4(9)2(1-8)12-6(3)11;1-2-3(4)5/h2-6,8-11H,1,7H2;2H,1H2,(H2,4,5)/t2-,3-,4-,5-,6?;/m1./s1. The summed E-state index contributed by atoms with van der Waals surface area (Å²) in [5, 5.41) is 36.1. The van der Waals surface area contributed by atoms with E-state index in [2.05, 4.69) is 12.3 Å². The number of ether oxygens (including phenoxy) is 1. The molecule has 0 aromatic rings. The van der Waals surface area contributed by atoms with E-state index in [4.69, 9.17) is 20.7 Å². The summed E-state index contributed by atoms with van der Waals surface area (Å²) in [6, 6.07) is -1.04. The largest absolute Gasteiger partial charge is 0.394 e. The average Bonchev–Trinajstić information content (AvgIpc) is 2.31. The lowest BCUT2D eigenvalue weighted by Crippen LogP contribution is -2.61. The van der Waals surface area contributed by atoms with Gasteiger partial charge >= 0.3 is 0 Å². The van der Waals surface area contributed by atoms with Crippen LogP contribution < -0.4 is 11.5 Å². The second-order valence-electron chi connectivity index (χ2n) is 3.41. The van der Waals surface area contributed by atoms with Gasteiger partial charge in [-0.3, -0.25) is 4.79 Å². The predicted molar refractivity (Wildman–Crippen MR) is 57.3 cm³/mol. The SMILES string of the molecule is C=CC(N)=O.N[C@H]1C(O)O[C@H](CO)[C@@H](O)[C@@H]1O. The molecule has 1 amide bonds. The predicted octanol–water partition coefficient (Wildman–Crippen LogP) is -3.60. The molecule has 8 nitrogen and oxygen atoms in total. The maximum absolute atomic E-state index is 9.47. The van der Waals surface area contributed by atoms with Crippen molar-refractivity contribution in [1.29, 1.82) is 0 Å². The van der Waals surface area contributed by atoms with Crippen molar-refractivity contribution in [2.75, 3.05) is 6.61 Å². The molecule has 1 rings (SSSR count). The highest BCUT2D eigenvalue weighted by Crippen LogP contribution is 2.17. The molecule has 5 atom stereocenters. The molecule has 0 bridgehead atoms. The number of rotatable bonds is 2. The van der Waals surface area contributed by atoms with Gasteiger partial charge in [-0.15, -0.1) is 0 Å². The number of primary amides is 1. The zero-order chi connectivity index (χ0) is 13.6. The molecule has 1 fully saturated rings. The molecule has 0 aromatic carbocycles. The van der Waals surface area contributed by atoms with Crippen LogP contribution in [-0.4, -0.2) is 63.6 Å². The highest BCUT2D eigenvalue weighted by Gasteiger charge is 2.41. The van der Waals surface area contributed by atoms with Crippen LogP contribution in [0, 0.1) is 0 Å². The Bertz CT molecular complexity index is 257. The van der Waals surface area contributed by atoms with E-state index in [0.29, 0.717) is 0 Å². The Hall–Kier alpha value is -1.03. The van der Waals surface area contributed by atoms with Crippen LogP contribution in [0.15, 0.2) is 12.7 Å². The van der Waals surface area contributed by atoms with Crippen molar-refractivity contribution in [1.82, 2.24) is 0 Å². The fourth-order valence-corrected chi connectivity index (χ4v) is 1.12. The van der Waals surface area contributed by atoms with E-state index >= 15 is 0 Å². The molecule has 8 N–H and O–H groups in total. The van der Waals surface area contributed by atoms with Crippen LogP contribution in [-0.2, 0) is 9.53 Å². The molecule has 1 saturated heterocycles. The maximum Gasteiger partial charge on any atom is 0.240 e. The Morgan fingerprint density at radius 3 is 2.18 bits per heavy atom. The summed E-state index contributed by atoms with van der Waals surface area (Å²) < 4.78 is 4.70. The van der Waals surface area contributed by atoms with Gasteiger partial charge in [-0.05, 0) is 6.08 Å². The number of carbonyl (C=O) groups excluding carboxylic acids is 1. The molecule has 8 heteroatoms. The minimum Gasteiger partial charge on any atom is -0.394 e. The number of aliphatic hydroxyl groups excluding tert-OH is 4. The fourth-order valence-electron chi connectivity index (χ4n) is 1.12. The van der Waals surface area contributed by atoms with Gasteiger partial charge in [0.1, 0.15) is 18.3 Å². The minimum absolute atomic E-state index is 0.470. The Balaban J connectivity index is 0.000000437. The lowest BCUT2D eigenvalue weighted by atomic mass is 9.98. The van der Waals surface area contributed by atoms with E-state index in [0.717, 1.165) is 6.08 Å². The summed E-state index contributed by atoms with van der Waals surface area (Å²) in [5.41, 5.74) is 9.80. The van der Waals surface area contributed by atoms with Crippen LogP contribution in [0.25, 0.3) is 0 Å². The van der Waals surface area contributed by atoms with E-state index in [1.165, 1.54) is 0 Å². The van der Waals surface area contributed by atoms with Crippen molar-refractivity contribution < 1.29 is 30.0 Å². The summed E-state index contributed by atoms with van der Waals surface area (Å²) in [7, 11) is 0. The molecule has 0 aromatic heterocycles. The van der Waals surface area contributed by atoms with E-state index in [1.54, 1.807) is 0 Å². The molecule has 100 valence electrons. The number of carbonyl (C=O) groups is 1. The van der Waals surface area contributed by atoms with Gasteiger partial charge in [0, 0.05) is 0 Å². The first-order valence-electron chi connectivity index (χ1n) is 4.83. The topological polar surface area (TPSA) is 159 Å². The Kier molecular flexibility index (Phi) is 6.88. The van der Waals surface area contributed by atoms with Crippen molar-refractivity contribution >= 4 is 5.91 Å². The van der Waals surface area contributed by atoms with Gasteiger partial charge in [0.25, 0.3) is 0 Å². The number of hydrogen-bond donors (Lipinski definition) is 6. The van der Waals surface area contributed by atoms with E-state index in [-0.39, 0.29) is 0 Å². The van der Waals surface area contributed by atoms with Gasteiger partial charge in [-0.25, -0.2) is 0 Å². The third-order valence-corrected chi connectivity index (χ3v) is 2.15. The Morgan fingerprint density at radius 1 is 1.35 bits per heavy atom. The molecule has 1 heterocycles. The van der Waals surface area contributed by atoms with E-state index in [1.807, 2.05) is 0 Å². The first kappa shape index (κ1) is 16.0. The number of aliphatic hydroxyl groups is 4. The van der Waals surface area contributed by atoms with Crippen LogP contribution in [0.5, 0.6) is 0 Å². The fraction of sp³-hybridized carbons (Fsp3) is 0.667. The summed E-state index contributed by atoms with van der Waals surface area (Å²) in [4.78, 5) is 9.47. The van der Waals surface area contributed by atoms with Crippen molar-refractivity contribution in [2.24, 2.45) is 11.5 Å². The van der Waals surface area contributed by atoms with Crippen molar-refractivity contribution in [3.63, 3.8) is 0 Å². The van der Waals surface area contributed by atoms with Gasteiger partial charge < -0.3 is 36.6 Å². The molecule has 1 aliphatic heterocycles. The molecular formula is C9H18N2O6. The second kappa shape index (κ2) is 7.33. The van der Waals surface area contributed by atoms with E-state index < -0.39 is 43.2 Å². The van der Waals surface area contributed by atoms with Crippen molar-refractivity contribution in [3.8, 4) is 0 Å². The van der Waals surface area contributed by atoms with Gasteiger partial charge in [-0.2, -0.15) is 0 Å². The molecule has 0 saturated carbocycles. The molecule has 0 aliphatic carbocycles. The van der Waals surface area contributed by atoms with Crippen molar-refractivity contribution in [2.45, 2.75) is 30.6 Å². The number of nitrogens with two attached hydrogens (primary N) is 2. The minimum atomic E-state index is -1.35. The highest BCUT2D eigenvalue weighted by molar-refractivity contribution is 5.84. The summed E-state index contributed by atoms with van der Waals surface area (Å²) in [6.45, 7) is 2.62. The molecule has 0 radical (unpaired) electrons. The molecule has 1 aliphatic rings. The first-order valence-corrected chi connectivity index (χ1v) is 4.83. The zero-order valence-corrected chi connectivity index (χ0v) is 9.14. The van der Waals surface area contributed by atoms with Crippen molar-refractivity contribution in [3.05, 3.63) is 12.7 Å². The maximum atomic E-state index is 9.47. The zero-order valence-electron chi connectivity index (χ0n) is 9.14. The number of amides is 1. The third kappa shape index (κ3) is 4.77. The Morgan fingerprint density at radius 2 is 1.82 bits per heavy atom. The van der Waals surface area contributed by atoms with Gasteiger partial charge in [-0.1, -0.05) is 6.58 Å². The number of hydrogen-bond acceptors (Lipinski definition) is 7. The van der Waals surface area contributed by atoms with Crippen LogP contribution >= 0.6 is 0 Å². The van der Waals surface area contributed by atoms with Crippen LogP contribution in [0.2, 0.25) is 0 Å². The first-order chi connectivity index (χ1) is 7.84.